The third kappa shape index (κ3) is 2.18. The topological polar surface area (TPSA) is 57.5 Å². The number of carbonyl (C=O) groups is 1. The molecule has 2 N–H and O–H groups in total. The number of thiol groups is 1. The molecule has 0 amide bonds. The Bertz CT molecular complexity index is 79.4. The maximum atomic E-state index is 9.95. The minimum atomic E-state index is -0.998. The standard InChI is InChI=1S/C4H8O3S/c5-1-3(2-8)4(6)7/h3,5,8H,1-2H2,(H,6,7). The summed E-state index contributed by atoms with van der Waals surface area (Å²) in [6.45, 7) is -0.334. The Morgan fingerprint density at radius 2 is 2.25 bits per heavy atom. The number of aliphatic hydroxyl groups is 1. The number of aliphatic carboxylic acids is 1. The molecule has 0 saturated heterocycles. The molecule has 0 aliphatic rings. The molecule has 0 spiro atoms. The van der Waals surface area contributed by atoms with Crippen molar-refractivity contribution in [1.29, 1.82) is 0 Å². The van der Waals surface area contributed by atoms with Gasteiger partial charge in [0.05, 0.1) is 12.5 Å². The van der Waals surface area contributed by atoms with Gasteiger partial charge in [-0.1, -0.05) is 0 Å². The van der Waals surface area contributed by atoms with Crippen LogP contribution in [-0.4, -0.2) is 28.5 Å². The lowest BCUT2D eigenvalue weighted by atomic mass is 10.2. The van der Waals surface area contributed by atoms with Crippen molar-refractivity contribution in [2.24, 2.45) is 5.92 Å². The second-order valence-electron chi connectivity index (χ2n) is 1.40. The van der Waals surface area contributed by atoms with Gasteiger partial charge in [-0.15, -0.1) is 0 Å². The van der Waals surface area contributed by atoms with Gasteiger partial charge in [0, 0.05) is 5.75 Å². The van der Waals surface area contributed by atoms with Crippen LogP contribution in [0.4, 0.5) is 0 Å². The van der Waals surface area contributed by atoms with E-state index in [-0.39, 0.29) is 12.4 Å². The molecule has 1 unspecified atom stereocenters. The SMILES string of the molecule is O=C(O)C(CO)CS. The molecule has 0 heterocycles. The average Bonchev–Trinajstić information content (AvgIpc) is 1.69. The van der Waals surface area contributed by atoms with Crippen molar-refractivity contribution < 1.29 is 15.0 Å². The lowest BCUT2D eigenvalue weighted by Crippen LogP contribution is -2.18. The normalized spacial score (nSPS) is 13.2. The van der Waals surface area contributed by atoms with E-state index >= 15 is 0 Å². The van der Waals surface area contributed by atoms with Crippen molar-refractivity contribution in [2.75, 3.05) is 12.4 Å². The minimum Gasteiger partial charge on any atom is -0.481 e. The highest BCUT2D eigenvalue weighted by molar-refractivity contribution is 7.80. The molecule has 4 heteroatoms. The lowest BCUT2D eigenvalue weighted by Gasteiger charge is -2.01. The number of carboxylic acid groups (broad SMARTS) is 1. The van der Waals surface area contributed by atoms with Crippen molar-refractivity contribution >= 4 is 18.6 Å². The molecule has 0 saturated carbocycles. The largest absolute Gasteiger partial charge is 0.481 e. The smallest absolute Gasteiger partial charge is 0.309 e. The third-order valence-electron chi connectivity index (χ3n) is 0.790. The Morgan fingerprint density at radius 1 is 1.75 bits per heavy atom. The van der Waals surface area contributed by atoms with Crippen LogP contribution in [0.5, 0.6) is 0 Å². The molecule has 3 nitrogen and oxygen atoms in total. The fourth-order valence-corrected chi connectivity index (χ4v) is 0.486. The minimum absolute atomic E-state index is 0.186. The van der Waals surface area contributed by atoms with Gasteiger partial charge in [0.2, 0.25) is 0 Å². The van der Waals surface area contributed by atoms with E-state index in [2.05, 4.69) is 12.6 Å². The first kappa shape index (κ1) is 7.78. The highest BCUT2D eigenvalue weighted by atomic mass is 32.1. The Kier molecular flexibility index (Phi) is 3.64. The first-order valence-electron chi connectivity index (χ1n) is 2.17. The van der Waals surface area contributed by atoms with Crippen LogP contribution in [0.2, 0.25) is 0 Å². The Hall–Kier alpha value is -0.220. The molecular formula is C4H8O3S. The zero-order valence-electron chi connectivity index (χ0n) is 4.24. The van der Waals surface area contributed by atoms with Gasteiger partial charge in [0.15, 0.2) is 0 Å². The monoisotopic (exact) mass is 136 g/mol. The zero-order chi connectivity index (χ0) is 6.57. The van der Waals surface area contributed by atoms with Crippen molar-refractivity contribution in [3.05, 3.63) is 0 Å². The van der Waals surface area contributed by atoms with Crippen LogP contribution >= 0.6 is 12.6 Å². The first-order valence-corrected chi connectivity index (χ1v) is 2.80. The van der Waals surface area contributed by atoms with Gasteiger partial charge in [-0.2, -0.15) is 12.6 Å². The second kappa shape index (κ2) is 3.74. The van der Waals surface area contributed by atoms with E-state index in [1.807, 2.05) is 0 Å². The molecular weight excluding hydrogens is 128 g/mol. The van der Waals surface area contributed by atoms with E-state index in [0.717, 1.165) is 0 Å². The summed E-state index contributed by atoms with van der Waals surface area (Å²) < 4.78 is 0. The molecule has 0 aromatic rings. The molecule has 0 aliphatic heterocycles. The second-order valence-corrected chi connectivity index (χ2v) is 1.77. The third-order valence-corrected chi connectivity index (χ3v) is 1.23. The highest BCUT2D eigenvalue weighted by Crippen LogP contribution is 1.96. The van der Waals surface area contributed by atoms with Gasteiger partial charge in [0.1, 0.15) is 0 Å². The van der Waals surface area contributed by atoms with Crippen LogP contribution in [0.25, 0.3) is 0 Å². The number of aliphatic hydroxyl groups excluding tert-OH is 1. The van der Waals surface area contributed by atoms with E-state index < -0.39 is 11.9 Å². The van der Waals surface area contributed by atoms with Crippen LogP contribution in [0.15, 0.2) is 0 Å². The van der Waals surface area contributed by atoms with E-state index in [4.69, 9.17) is 10.2 Å². The molecule has 0 fully saturated rings. The molecule has 0 bridgehead atoms. The van der Waals surface area contributed by atoms with E-state index in [9.17, 15) is 4.79 Å². The molecule has 48 valence electrons. The number of rotatable bonds is 3. The van der Waals surface area contributed by atoms with E-state index in [1.54, 1.807) is 0 Å². The van der Waals surface area contributed by atoms with Gasteiger partial charge in [-0.25, -0.2) is 0 Å². The molecule has 0 radical (unpaired) electrons. The summed E-state index contributed by atoms with van der Waals surface area (Å²) >= 11 is 3.69. The predicted molar refractivity (Wildman–Crippen MR) is 32.1 cm³/mol. The fourth-order valence-electron chi connectivity index (χ4n) is 0.214. The first-order chi connectivity index (χ1) is 3.72. The fraction of sp³-hybridized carbons (Fsp3) is 0.750. The van der Waals surface area contributed by atoms with E-state index in [0.29, 0.717) is 0 Å². The Labute approximate surface area is 52.7 Å². The van der Waals surface area contributed by atoms with Crippen LogP contribution in [0.3, 0.4) is 0 Å². The summed E-state index contributed by atoms with van der Waals surface area (Å²) in [6.07, 6.45) is 0. The highest BCUT2D eigenvalue weighted by Gasteiger charge is 2.12. The van der Waals surface area contributed by atoms with Gasteiger partial charge >= 0.3 is 5.97 Å². The quantitative estimate of drug-likeness (QED) is 0.463. The Morgan fingerprint density at radius 3 is 2.25 bits per heavy atom. The molecule has 8 heavy (non-hydrogen) atoms. The Balaban J connectivity index is 3.52. The summed E-state index contributed by atoms with van der Waals surface area (Å²) in [5.41, 5.74) is 0. The maximum Gasteiger partial charge on any atom is 0.309 e. The predicted octanol–water partition coefficient (Wildman–Crippen LogP) is -0.391. The van der Waals surface area contributed by atoms with Crippen LogP contribution < -0.4 is 0 Å². The molecule has 0 aliphatic carbocycles. The average molecular weight is 136 g/mol. The van der Waals surface area contributed by atoms with Gasteiger partial charge in [-0.05, 0) is 0 Å². The number of hydrogen-bond donors (Lipinski definition) is 3. The summed E-state index contributed by atoms with van der Waals surface area (Å²) in [7, 11) is 0. The van der Waals surface area contributed by atoms with Gasteiger partial charge < -0.3 is 10.2 Å². The summed E-state index contributed by atoms with van der Waals surface area (Å²) in [4.78, 5) is 9.95. The molecule has 0 rings (SSSR count). The van der Waals surface area contributed by atoms with Crippen molar-refractivity contribution in [3.8, 4) is 0 Å². The molecule has 1 atom stereocenters. The van der Waals surface area contributed by atoms with Crippen molar-refractivity contribution in [2.45, 2.75) is 0 Å². The van der Waals surface area contributed by atoms with Crippen molar-refractivity contribution in [1.82, 2.24) is 0 Å². The zero-order valence-corrected chi connectivity index (χ0v) is 5.14. The maximum absolute atomic E-state index is 9.95. The van der Waals surface area contributed by atoms with Crippen LogP contribution in [-0.2, 0) is 4.79 Å². The van der Waals surface area contributed by atoms with E-state index in [1.165, 1.54) is 0 Å². The summed E-state index contributed by atoms with van der Waals surface area (Å²) in [5, 5.41) is 16.4. The lowest BCUT2D eigenvalue weighted by molar-refractivity contribution is -0.142. The summed E-state index contributed by atoms with van der Waals surface area (Å²) in [6, 6.07) is 0. The van der Waals surface area contributed by atoms with Gasteiger partial charge in [0.25, 0.3) is 0 Å². The van der Waals surface area contributed by atoms with Crippen LogP contribution in [0.1, 0.15) is 0 Å². The van der Waals surface area contributed by atoms with Gasteiger partial charge in [-0.3, -0.25) is 4.79 Å². The van der Waals surface area contributed by atoms with Crippen LogP contribution in [0, 0.1) is 5.92 Å². The molecule has 0 aromatic carbocycles. The number of carboxylic acids is 1. The number of hydrogen-bond acceptors (Lipinski definition) is 3. The van der Waals surface area contributed by atoms with Crippen molar-refractivity contribution in [3.63, 3.8) is 0 Å². The summed E-state index contributed by atoms with van der Waals surface area (Å²) in [5.74, 6) is -1.52. The molecule has 0 aromatic heterocycles.